The number of aromatic nitrogens is 2. The maximum absolute atomic E-state index is 2.30. The molecule has 0 unspecified atom stereocenters. The molecule has 0 bridgehead atoms. The van der Waals surface area contributed by atoms with Gasteiger partial charge in [-0.3, -0.25) is 0 Å². The zero-order valence-electron chi connectivity index (χ0n) is 12.0. The smallest absolute Gasteiger partial charge is 0.153 e. The number of nitrogens with zero attached hydrogens (tertiary/aromatic N) is 2. The molecule has 2 nitrogen and oxygen atoms in total. The van der Waals surface area contributed by atoms with Gasteiger partial charge in [0.25, 0.3) is 0 Å². The molecule has 1 aromatic heterocycles. The van der Waals surface area contributed by atoms with Crippen molar-refractivity contribution in [3.8, 4) is 22.5 Å². The quantitative estimate of drug-likeness (QED) is 0.638. The predicted octanol–water partition coefficient (Wildman–Crippen LogP) is 3.67. The van der Waals surface area contributed by atoms with Gasteiger partial charge in [0.2, 0.25) is 5.69 Å². The molecule has 0 radical (unpaired) electrons. The first-order valence-corrected chi connectivity index (χ1v) is 7.02. The molecule has 0 fully saturated rings. The summed E-state index contributed by atoms with van der Waals surface area (Å²) in [5.41, 5.74) is 5.01. The molecule has 0 amide bonds. The molecular formula is C18H19N2+. The van der Waals surface area contributed by atoms with Gasteiger partial charge < -0.3 is 0 Å². The minimum absolute atomic E-state index is 0.952. The number of rotatable bonds is 3. The van der Waals surface area contributed by atoms with Gasteiger partial charge in [0.1, 0.15) is 5.69 Å². The van der Waals surface area contributed by atoms with Crippen LogP contribution < -0.4 is 4.68 Å². The standard InChI is InChI=1S/C18H19N2/c1-3-20-18(16-12-8-5-9-13-16)14-17(19(20)2)15-10-6-4-7-11-15/h4-14H,3H2,1-2H3/q+1. The van der Waals surface area contributed by atoms with E-state index in [4.69, 9.17) is 0 Å². The lowest BCUT2D eigenvalue weighted by Gasteiger charge is -2.02. The van der Waals surface area contributed by atoms with Crippen molar-refractivity contribution in [3.63, 3.8) is 0 Å². The molecule has 20 heavy (non-hydrogen) atoms. The van der Waals surface area contributed by atoms with E-state index in [0.29, 0.717) is 0 Å². The average Bonchev–Trinajstić information content (AvgIpc) is 2.86. The highest BCUT2D eigenvalue weighted by molar-refractivity contribution is 5.66. The van der Waals surface area contributed by atoms with E-state index in [1.165, 1.54) is 22.5 Å². The van der Waals surface area contributed by atoms with Gasteiger partial charge in [-0.15, -0.1) is 4.68 Å². The summed E-state index contributed by atoms with van der Waals surface area (Å²) in [4.78, 5) is 0. The third-order valence-corrected chi connectivity index (χ3v) is 3.70. The summed E-state index contributed by atoms with van der Waals surface area (Å²) in [5, 5.41) is 0. The third-order valence-electron chi connectivity index (χ3n) is 3.70. The zero-order chi connectivity index (χ0) is 13.9. The fourth-order valence-electron chi connectivity index (χ4n) is 2.69. The molecular weight excluding hydrogens is 244 g/mol. The minimum Gasteiger partial charge on any atom is -0.153 e. The summed E-state index contributed by atoms with van der Waals surface area (Å²) in [7, 11) is 2.12. The molecule has 2 aromatic carbocycles. The number of hydrogen-bond donors (Lipinski definition) is 0. The van der Waals surface area contributed by atoms with Crippen molar-refractivity contribution in [1.82, 2.24) is 4.68 Å². The predicted molar refractivity (Wildman–Crippen MR) is 82.2 cm³/mol. The second kappa shape index (κ2) is 5.33. The van der Waals surface area contributed by atoms with Gasteiger partial charge >= 0.3 is 0 Å². The van der Waals surface area contributed by atoms with E-state index in [2.05, 4.69) is 90.1 Å². The van der Waals surface area contributed by atoms with E-state index < -0.39 is 0 Å². The Morgan fingerprint density at radius 2 is 1.40 bits per heavy atom. The van der Waals surface area contributed by atoms with Crippen molar-refractivity contribution in [2.75, 3.05) is 0 Å². The molecule has 3 aromatic rings. The first-order chi connectivity index (χ1) is 9.81. The summed E-state index contributed by atoms with van der Waals surface area (Å²) in [6.07, 6.45) is 0. The van der Waals surface area contributed by atoms with Crippen LogP contribution in [-0.4, -0.2) is 4.68 Å². The van der Waals surface area contributed by atoms with E-state index in [0.717, 1.165) is 6.54 Å². The van der Waals surface area contributed by atoms with Crippen LogP contribution >= 0.6 is 0 Å². The lowest BCUT2D eigenvalue weighted by molar-refractivity contribution is -0.742. The highest BCUT2D eigenvalue weighted by Gasteiger charge is 2.20. The zero-order valence-corrected chi connectivity index (χ0v) is 12.0. The summed E-state index contributed by atoms with van der Waals surface area (Å²) < 4.78 is 4.54. The maximum atomic E-state index is 2.30. The highest BCUT2D eigenvalue weighted by Crippen LogP contribution is 2.24. The summed E-state index contributed by atoms with van der Waals surface area (Å²) in [6, 6.07) is 23.4. The Morgan fingerprint density at radius 3 is 1.95 bits per heavy atom. The van der Waals surface area contributed by atoms with Gasteiger partial charge in [-0.1, -0.05) is 48.5 Å². The SMILES string of the molecule is CCn1c(-c2ccccc2)cc(-c2ccccc2)[n+]1C. The van der Waals surface area contributed by atoms with Crippen molar-refractivity contribution >= 4 is 0 Å². The molecule has 1 heterocycles. The molecule has 100 valence electrons. The van der Waals surface area contributed by atoms with E-state index in [-0.39, 0.29) is 0 Å². The van der Waals surface area contributed by atoms with Crippen LogP contribution in [0.3, 0.4) is 0 Å². The topological polar surface area (TPSA) is 8.81 Å². The van der Waals surface area contributed by atoms with Crippen LogP contribution in [0.1, 0.15) is 6.92 Å². The van der Waals surface area contributed by atoms with Crippen LogP contribution in [0.15, 0.2) is 66.7 Å². The largest absolute Gasteiger partial charge is 0.238 e. The third kappa shape index (κ3) is 2.14. The fraction of sp³-hybridized carbons (Fsp3) is 0.167. The Morgan fingerprint density at radius 1 is 0.850 bits per heavy atom. The van der Waals surface area contributed by atoms with E-state index >= 15 is 0 Å². The van der Waals surface area contributed by atoms with Crippen LogP contribution in [0.2, 0.25) is 0 Å². The van der Waals surface area contributed by atoms with Crippen LogP contribution in [0.25, 0.3) is 22.5 Å². The van der Waals surface area contributed by atoms with Crippen LogP contribution in [0, 0.1) is 0 Å². The summed E-state index contributed by atoms with van der Waals surface area (Å²) >= 11 is 0. The molecule has 0 saturated carbocycles. The van der Waals surface area contributed by atoms with Gasteiger partial charge in [-0.05, 0) is 19.1 Å². The molecule has 0 atom stereocenters. The van der Waals surface area contributed by atoms with E-state index in [1.807, 2.05) is 0 Å². The fourth-order valence-corrected chi connectivity index (χ4v) is 2.69. The molecule has 0 aliphatic heterocycles. The molecule has 0 aliphatic rings. The maximum Gasteiger partial charge on any atom is 0.238 e. The van der Waals surface area contributed by atoms with Gasteiger partial charge in [0.15, 0.2) is 7.05 Å². The lowest BCUT2D eigenvalue weighted by atomic mass is 10.1. The Hall–Kier alpha value is -2.35. The second-order valence-corrected chi connectivity index (χ2v) is 4.89. The van der Waals surface area contributed by atoms with Crippen molar-refractivity contribution < 1.29 is 4.68 Å². The van der Waals surface area contributed by atoms with Gasteiger partial charge in [-0.2, -0.15) is 4.68 Å². The number of benzene rings is 2. The molecule has 0 N–H and O–H groups in total. The Balaban J connectivity index is 2.18. The van der Waals surface area contributed by atoms with Crippen molar-refractivity contribution in [3.05, 3.63) is 66.7 Å². The van der Waals surface area contributed by atoms with Crippen molar-refractivity contribution in [2.45, 2.75) is 13.5 Å². The van der Waals surface area contributed by atoms with Crippen LogP contribution in [0.4, 0.5) is 0 Å². The average molecular weight is 263 g/mol. The van der Waals surface area contributed by atoms with E-state index in [9.17, 15) is 0 Å². The highest BCUT2D eigenvalue weighted by atomic mass is 15.4. The van der Waals surface area contributed by atoms with Gasteiger partial charge in [0.05, 0.1) is 6.54 Å². The summed E-state index contributed by atoms with van der Waals surface area (Å²) in [5.74, 6) is 0. The van der Waals surface area contributed by atoms with Crippen LogP contribution in [0.5, 0.6) is 0 Å². The van der Waals surface area contributed by atoms with Gasteiger partial charge in [0, 0.05) is 17.2 Å². The molecule has 0 spiro atoms. The summed E-state index contributed by atoms with van der Waals surface area (Å²) in [6.45, 7) is 3.13. The normalized spacial score (nSPS) is 10.7. The van der Waals surface area contributed by atoms with Crippen molar-refractivity contribution in [1.29, 1.82) is 0 Å². The molecule has 3 rings (SSSR count). The van der Waals surface area contributed by atoms with Crippen LogP contribution in [-0.2, 0) is 13.6 Å². The Kier molecular flexibility index (Phi) is 3.38. The second-order valence-electron chi connectivity index (χ2n) is 4.89. The Bertz CT molecular complexity index is 697. The molecule has 0 saturated heterocycles. The number of hydrogen-bond acceptors (Lipinski definition) is 0. The van der Waals surface area contributed by atoms with Crippen molar-refractivity contribution in [2.24, 2.45) is 7.05 Å². The molecule has 0 aliphatic carbocycles. The first kappa shape index (κ1) is 12.7. The van der Waals surface area contributed by atoms with Gasteiger partial charge in [-0.25, -0.2) is 0 Å². The monoisotopic (exact) mass is 263 g/mol. The minimum atomic E-state index is 0.952. The first-order valence-electron chi connectivity index (χ1n) is 7.02. The van der Waals surface area contributed by atoms with E-state index in [1.54, 1.807) is 0 Å². The Labute approximate surface area is 119 Å². The molecule has 2 heteroatoms. The lowest BCUT2D eigenvalue weighted by Crippen LogP contribution is -2.40.